The zero-order chi connectivity index (χ0) is 13.0. The van der Waals surface area contributed by atoms with Crippen LogP contribution in [0.5, 0.6) is 0 Å². The highest BCUT2D eigenvalue weighted by Crippen LogP contribution is 2.37. The largest absolute Gasteiger partial charge is 0.330 e. The van der Waals surface area contributed by atoms with Crippen LogP contribution in [0, 0.1) is 5.92 Å². The predicted octanol–water partition coefficient (Wildman–Crippen LogP) is 4.62. The first-order chi connectivity index (χ1) is 8.69. The van der Waals surface area contributed by atoms with Gasteiger partial charge in [-0.2, -0.15) is 0 Å². The van der Waals surface area contributed by atoms with Crippen molar-refractivity contribution >= 4 is 27.7 Å². The Hall–Kier alpha value is 0.01000. The Morgan fingerprint density at radius 1 is 1.39 bits per heavy atom. The second kappa shape index (κ2) is 6.97. The fourth-order valence-corrected chi connectivity index (χ4v) is 4.79. The van der Waals surface area contributed by atoms with E-state index < -0.39 is 0 Å². The number of benzene rings is 1. The van der Waals surface area contributed by atoms with E-state index in [1.807, 2.05) is 11.8 Å². The Bertz CT molecular complexity index is 394. The quantitative estimate of drug-likeness (QED) is 0.873. The molecule has 2 unspecified atom stereocenters. The highest BCUT2D eigenvalue weighted by Gasteiger charge is 2.19. The number of halogens is 1. The van der Waals surface area contributed by atoms with Crippen molar-refractivity contribution < 1.29 is 0 Å². The van der Waals surface area contributed by atoms with Gasteiger partial charge in [-0.1, -0.05) is 41.8 Å². The summed E-state index contributed by atoms with van der Waals surface area (Å²) < 4.78 is 1.21. The van der Waals surface area contributed by atoms with Crippen LogP contribution in [0.1, 0.15) is 38.2 Å². The molecule has 0 bridgehead atoms. The molecule has 3 heteroatoms. The van der Waals surface area contributed by atoms with Crippen LogP contribution in [0.2, 0.25) is 0 Å². The van der Waals surface area contributed by atoms with Gasteiger partial charge in [-0.3, -0.25) is 0 Å². The van der Waals surface area contributed by atoms with E-state index in [2.05, 4.69) is 41.1 Å². The Morgan fingerprint density at radius 3 is 2.89 bits per heavy atom. The normalized spacial score (nSPS) is 24.2. The molecule has 0 radical (unpaired) electrons. The number of rotatable bonds is 4. The lowest BCUT2D eigenvalue weighted by Crippen LogP contribution is -2.14. The molecule has 2 rings (SSSR count). The first-order valence-corrected chi connectivity index (χ1v) is 8.51. The van der Waals surface area contributed by atoms with Crippen LogP contribution >= 0.6 is 27.7 Å². The van der Waals surface area contributed by atoms with Gasteiger partial charge in [-0.15, -0.1) is 11.8 Å². The van der Waals surface area contributed by atoms with Crippen molar-refractivity contribution in [3.63, 3.8) is 0 Å². The maximum Gasteiger partial charge on any atom is 0.0218 e. The molecular weight excluding hydrogens is 306 g/mol. The lowest BCUT2D eigenvalue weighted by Gasteiger charge is -2.26. The van der Waals surface area contributed by atoms with Crippen LogP contribution in [0.25, 0.3) is 0 Å². The van der Waals surface area contributed by atoms with Crippen LogP contribution in [-0.2, 0) is 6.42 Å². The molecule has 0 saturated heterocycles. The van der Waals surface area contributed by atoms with Crippen molar-refractivity contribution in [1.29, 1.82) is 0 Å². The smallest absolute Gasteiger partial charge is 0.0218 e. The fraction of sp³-hybridized carbons (Fsp3) is 0.600. The molecule has 0 heterocycles. The number of thioether (sulfide) groups is 1. The van der Waals surface area contributed by atoms with E-state index in [4.69, 9.17) is 5.73 Å². The molecule has 0 amide bonds. The average molecular weight is 328 g/mol. The maximum absolute atomic E-state index is 5.61. The number of nitrogens with two attached hydrogens (primary N) is 1. The van der Waals surface area contributed by atoms with Crippen LogP contribution in [0.3, 0.4) is 0 Å². The molecule has 1 fully saturated rings. The SMILES string of the molecule is CC1CCCC(Sc2ccc(CCN)c(Br)c2)C1. The van der Waals surface area contributed by atoms with Gasteiger partial charge in [0.15, 0.2) is 0 Å². The van der Waals surface area contributed by atoms with Gasteiger partial charge < -0.3 is 5.73 Å². The molecule has 1 aromatic rings. The van der Waals surface area contributed by atoms with E-state index in [0.717, 1.165) is 17.6 Å². The summed E-state index contributed by atoms with van der Waals surface area (Å²) in [5.74, 6) is 0.899. The zero-order valence-corrected chi connectivity index (χ0v) is 13.4. The summed E-state index contributed by atoms with van der Waals surface area (Å²) in [6.07, 6.45) is 6.50. The van der Waals surface area contributed by atoms with E-state index in [9.17, 15) is 0 Å². The standard InChI is InChI=1S/C15H22BrNS/c1-11-3-2-4-13(9-11)18-14-6-5-12(7-8-17)15(16)10-14/h5-6,10-11,13H,2-4,7-9,17H2,1H3. The van der Waals surface area contributed by atoms with Crippen molar-refractivity contribution in [3.05, 3.63) is 28.2 Å². The van der Waals surface area contributed by atoms with Gasteiger partial charge in [0.25, 0.3) is 0 Å². The molecule has 1 saturated carbocycles. The minimum absolute atomic E-state index is 0.714. The van der Waals surface area contributed by atoms with Crippen LogP contribution in [0.15, 0.2) is 27.6 Å². The highest BCUT2D eigenvalue weighted by molar-refractivity contribution is 9.10. The Labute approximate surface area is 123 Å². The van der Waals surface area contributed by atoms with Gasteiger partial charge in [-0.05, 0) is 49.4 Å². The van der Waals surface area contributed by atoms with Gasteiger partial charge in [0.2, 0.25) is 0 Å². The third-order valence-electron chi connectivity index (χ3n) is 3.63. The van der Waals surface area contributed by atoms with Gasteiger partial charge in [-0.25, -0.2) is 0 Å². The summed E-state index contributed by atoms with van der Waals surface area (Å²) in [6.45, 7) is 3.10. The van der Waals surface area contributed by atoms with Crippen LogP contribution in [0.4, 0.5) is 0 Å². The molecule has 0 aliphatic heterocycles. The van der Waals surface area contributed by atoms with Crippen molar-refractivity contribution in [1.82, 2.24) is 0 Å². The Kier molecular flexibility index (Phi) is 5.58. The van der Waals surface area contributed by atoms with Gasteiger partial charge in [0.1, 0.15) is 0 Å². The summed E-state index contributed by atoms with van der Waals surface area (Å²) in [4.78, 5) is 1.39. The molecule has 2 N–H and O–H groups in total. The predicted molar refractivity (Wildman–Crippen MR) is 84.2 cm³/mol. The summed E-state index contributed by atoms with van der Waals surface area (Å²) in [5, 5.41) is 0.806. The minimum Gasteiger partial charge on any atom is -0.330 e. The first kappa shape index (κ1) is 14.4. The van der Waals surface area contributed by atoms with Crippen LogP contribution < -0.4 is 5.73 Å². The fourth-order valence-electron chi connectivity index (χ4n) is 2.64. The van der Waals surface area contributed by atoms with Gasteiger partial charge in [0.05, 0.1) is 0 Å². The van der Waals surface area contributed by atoms with Crippen LogP contribution in [-0.4, -0.2) is 11.8 Å². The van der Waals surface area contributed by atoms with E-state index in [1.165, 1.54) is 40.6 Å². The van der Waals surface area contributed by atoms with Crippen molar-refractivity contribution in [2.75, 3.05) is 6.54 Å². The van der Waals surface area contributed by atoms with E-state index >= 15 is 0 Å². The molecule has 100 valence electrons. The lowest BCUT2D eigenvalue weighted by molar-refractivity contribution is 0.394. The number of hydrogen-bond donors (Lipinski definition) is 1. The monoisotopic (exact) mass is 327 g/mol. The second-order valence-corrected chi connectivity index (χ2v) is 7.53. The summed E-state index contributed by atoms with van der Waals surface area (Å²) in [7, 11) is 0. The van der Waals surface area contributed by atoms with Crippen molar-refractivity contribution in [2.24, 2.45) is 11.7 Å². The summed E-state index contributed by atoms with van der Waals surface area (Å²) in [6, 6.07) is 6.72. The Morgan fingerprint density at radius 2 is 2.22 bits per heavy atom. The second-order valence-electron chi connectivity index (χ2n) is 5.30. The summed E-state index contributed by atoms with van der Waals surface area (Å²) in [5.41, 5.74) is 6.92. The van der Waals surface area contributed by atoms with Gasteiger partial charge in [0, 0.05) is 14.6 Å². The molecule has 1 nitrogen and oxygen atoms in total. The highest BCUT2D eigenvalue weighted by atomic mass is 79.9. The topological polar surface area (TPSA) is 26.0 Å². The lowest BCUT2D eigenvalue weighted by atomic mass is 9.91. The molecule has 1 aromatic carbocycles. The van der Waals surface area contributed by atoms with Gasteiger partial charge >= 0.3 is 0 Å². The molecule has 1 aliphatic carbocycles. The van der Waals surface area contributed by atoms with Crippen molar-refractivity contribution in [3.8, 4) is 0 Å². The molecule has 1 aliphatic rings. The Balaban J connectivity index is 1.99. The zero-order valence-electron chi connectivity index (χ0n) is 11.0. The van der Waals surface area contributed by atoms with Crippen molar-refractivity contribution in [2.45, 2.75) is 49.2 Å². The molecule has 0 spiro atoms. The third-order valence-corrected chi connectivity index (χ3v) is 5.66. The molecule has 0 aromatic heterocycles. The third kappa shape index (κ3) is 4.01. The maximum atomic E-state index is 5.61. The molecule has 18 heavy (non-hydrogen) atoms. The average Bonchev–Trinajstić information content (AvgIpc) is 2.33. The minimum atomic E-state index is 0.714. The van der Waals surface area contributed by atoms with E-state index in [1.54, 1.807) is 0 Å². The molecule has 2 atom stereocenters. The van der Waals surface area contributed by atoms with E-state index in [0.29, 0.717) is 6.54 Å². The number of hydrogen-bond acceptors (Lipinski definition) is 2. The molecular formula is C15H22BrNS. The summed E-state index contributed by atoms with van der Waals surface area (Å²) >= 11 is 5.70. The first-order valence-electron chi connectivity index (χ1n) is 6.84. The van der Waals surface area contributed by atoms with E-state index in [-0.39, 0.29) is 0 Å².